The molecule has 3 rings (SSSR count). The van der Waals surface area contributed by atoms with Crippen LogP contribution in [0, 0.1) is 0 Å². The lowest BCUT2D eigenvalue weighted by Crippen LogP contribution is -2.28. The standard InChI is InChI=1S/C21H20ClN3O3S2/c22-18-8-1-2-9-19(18)30(27,28)24-13-11-20(26)25-17-7-5-6-16(14-17)15-29-21-10-3-4-12-23-21/h1-10,12,14,24H,11,13,15H2,(H,25,26). The van der Waals surface area contributed by atoms with E-state index in [1.807, 2.05) is 36.4 Å². The number of benzene rings is 2. The Morgan fingerprint density at radius 1 is 1.03 bits per heavy atom. The normalized spacial score (nSPS) is 11.2. The number of thioether (sulfide) groups is 1. The van der Waals surface area contributed by atoms with Gasteiger partial charge in [-0.3, -0.25) is 4.79 Å². The van der Waals surface area contributed by atoms with E-state index in [9.17, 15) is 13.2 Å². The van der Waals surface area contributed by atoms with Crippen molar-refractivity contribution in [2.75, 3.05) is 11.9 Å². The first-order chi connectivity index (χ1) is 14.4. The van der Waals surface area contributed by atoms with Crippen molar-refractivity contribution in [3.63, 3.8) is 0 Å². The fourth-order valence-corrected chi connectivity index (χ4v) is 4.94. The number of nitrogens with one attached hydrogen (secondary N) is 2. The molecule has 0 fully saturated rings. The molecule has 1 aromatic heterocycles. The summed E-state index contributed by atoms with van der Waals surface area (Å²) in [6.45, 7) is -0.0331. The molecule has 0 aliphatic rings. The molecule has 0 radical (unpaired) electrons. The van der Waals surface area contributed by atoms with Crippen LogP contribution in [-0.4, -0.2) is 25.9 Å². The van der Waals surface area contributed by atoms with Crippen LogP contribution in [0.2, 0.25) is 5.02 Å². The van der Waals surface area contributed by atoms with E-state index in [0.717, 1.165) is 16.3 Å². The van der Waals surface area contributed by atoms with Gasteiger partial charge in [-0.15, -0.1) is 11.8 Å². The zero-order valence-corrected chi connectivity index (χ0v) is 18.3. The summed E-state index contributed by atoms with van der Waals surface area (Å²) in [6, 6.07) is 19.4. The molecule has 0 aliphatic carbocycles. The summed E-state index contributed by atoms with van der Waals surface area (Å²) in [6.07, 6.45) is 1.75. The molecule has 1 heterocycles. The second-order valence-electron chi connectivity index (χ2n) is 6.28. The van der Waals surface area contributed by atoms with Crippen LogP contribution < -0.4 is 10.0 Å². The minimum absolute atomic E-state index is 0.00338. The number of carbonyl (C=O) groups excluding carboxylic acids is 1. The third kappa shape index (κ3) is 6.56. The van der Waals surface area contributed by atoms with Crippen molar-refractivity contribution in [2.24, 2.45) is 0 Å². The molecule has 3 aromatic rings. The van der Waals surface area contributed by atoms with E-state index in [0.29, 0.717) is 5.69 Å². The van der Waals surface area contributed by atoms with Crippen LogP contribution in [0.25, 0.3) is 0 Å². The smallest absolute Gasteiger partial charge is 0.242 e. The van der Waals surface area contributed by atoms with Gasteiger partial charge in [0, 0.05) is 30.6 Å². The van der Waals surface area contributed by atoms with Crippen molar-refractivity contribution in [3.05, 3.63) is 83.5 Å². The lowest BCUT2D eigenvalue weighted by atomic mass is 10.2. The van der Waals surface area contributed by atoms with Crippen LogP contribution in [-0.2, 0) is 20.6 Å². The summed E-state index contributed by atoms with van der Waals surface area (Å²) in [5.74, 6) is 0.435. The van der Waals surface area contributed by atoms with Crippen LogP contribution in [0.1, 0.15) is 12.0 Å². The Kier molecular flexibility index (Phi) is 7.87. The lowest BCUT2D eigenvalue weighted by Gasteiger charge is -2.09. The summed E-state index contributed by atoms with van der Waals surface area (Å²) in [4.78, 5) is 16.5. The number of carbonyl (C=O) groups is 1. The van der Waals surface area contributed by atoms with Crippen LogP contribution in [0.15, 0.2) is 82.8 Å². The van der Waals surface area contributed by atoms with Gasteiger partial charge in [-0.1, -0.05) is 41.9 Å². The number of hydrogen-bond acceptors (Lipinski definition) is 5. The predicted octanol–water partition coefficient (Wildman–Crippen LogP) is 4.33. The highest BCUT2D eigenvalue weighted by Gasteiger charge is 2.17. The van der Waals surface area contributed by atoms with Crippen LogP contribution in [0.3, 0.4) is 0 Å². The highest BCUT2D eigenvalue weighted by Crippen LogP contribution is 2.22. The average Bonchev–Trinajstić information content (AvgIpc) is 2.73. The molecule has 30 heavy (non-hydrogen) atoms. The Morgan fingerprint density at radius 3 is 2.60 bits per heavy atom. The number of halogens is 1. The van der Waals surface area contributed by atoms with E-state index in [1.54, 1.807) is 36.2 Å². The second-order valence-corrected chi connectivity index (χ2v) is 9.42. The van der Waals surface area contributed by atoms with Gasteiger partial charge in [0.15, 0.2) is 0 Å². The van der Waals surface area contributed by atoms with Gasteiger partial charge >= 0.3 is 0 Å². The van der Waals surface area contributed by atoms with Crippen molar-refractivity contribution in [3.8, 4) is 0 Å². The molecule has 0 bridgehead atoms. The molecule has 2 N–H and O–H groups in total. The zero-order chi connectivity index (χ0) is 21.4. The number of pyridine rings is 1. The van der Waals surface area contributed by atoms with E-state index in [4.69, 9.17) is 11.6 Å². The van der Waals surface area contributed by atoms with E-state index in [-0.39, 0.29) is 28.8 Å². The van der Waals surface area contributed by atoms with E-state index >= 15 is 0 Å². The van der Waals surface area contributed by atoms with Crippen LogP contribution in [0.5, 0.6) is 0 Å². The topological polar surface area (TPSA) is 88.2 Å². The summed E-state index contributed by atoms with van der Waals surface area (Å²) < 4.78 is 27.0. The number of hydrogen-bond donors (Lipinski definition) is 2. The Morgan fingerprint density at radius 2 is 1.83 bits per heavy atom. The Balaban J connectivity index is 1.49. The molecule has 9 heteroatoms. The summed E-state index contributed by atoms with van der Waals surface area (Å²) >= 11 is 7.54. The largest absolute Gasteiger partial charge is 0.326 e. The maximum Gasteiger partial charge on any atom is 0.242 e. The molecule has 0 saturated carbocycles. The summed E-state index contributed by atoms with van der Waals surface area (Å²) in [5, 5.41) is 3.86. The van der Waals surface area contributed by atoms with Crippen molar-refractivity contribution in [1.82, 2.24) is 9.71 Å². The SMILES string of the molecule is O=C(CCNS(=O)(=O)c1ccccc1Cl)Nc1cccc(CSc2ccccn2)c1. The fraction of sp³-hybridized carbons (Fsp3) is 0.143. The molecule has 0 spiro atoms. The van der Waals surface area contributed by atoms with Crippen molar-refractivity contribution in [1.29, 1.82) is 0 Å². The minimum Gasteiger partial charge on any atom is -0.326 e. The van der Waals surface area contributed by atoms with Gasteiger partial charge in [0.1, 0.15) is 4.90 Å². The second kappa shape index (κ2) is 10.6. The van der Waals surface area contributed by atoms with Crippen molar-refractivity contribution >= 4 is 45.0 Å². The Hall–Kier alpha value is -2.39. The molecule has 1 amide bonds. The summed E-state index contributed by atoms with van der Waals surface area (Å²) in [7, 11) is -3.77. The van der Waals surface area contributed by atoms with Crippen LogP contribution >= 0.6 is 23.4 Å². The molecule has 2 aromatic carbocycles. The summed E-state index contributed by atoms with van der Waals surface area (Å²) in [5.41, 5.74) is 1.70. The minimum atomic E-state index is -3.77. The molecule has 0 aliphatic heterocycles. The first-order valence-electron chi connectivity index (χ1n) is 9.11. The fourth-order valence-electron chi connectivity index (χ4n) is 2.59. The first-order valence-corrected chi connectivity index (χ1v) is 12.0. The van der Waals surface area contributed by atoms with E-state index in [1.165, 1.54) is 12.1 Å². The Labute approximate surface area is 185 Å². The monoisotopic (exact) mass is 461 g/mol. The molecule has 0 saturated heterocycles. The molecule has 6 nitrogen and oxygen atoms in total. The number of aromatic nitrogens is 1. The number of sulfonamides is 1. The van der Waals surface area contributed by atoms with Gasteiger partial charge in [-0.2, -0.15) is 0 Å². The van der Waals surface area contributed by atoms with Gasteiger partial charge in [-0.25, -0.2) is 18.1 Å². The van der Waals surface area contributed by atoms with Gasteiger partial charge in [0.05, 0.1) is 10.0 Å². The first kappa shape index (κ1) is 22.3. The van der Waals surface area contributed by atoms with Crippen LogP contribution in [0.4, 0.5) is 5.69 Å². The highest BCUT2D eigenvalue weighted by molar-refractivity contribution is 7.98. The number of rotatable bonds is 9. The van der Waals surface area contributed by atoms with E-state index in [2.05, 4.69) is 15.0 Å². The molecule has 0 unspecified atom stereocenters. The van der Waals surface area contributed by atoms with Gasteiger partial charge in [-0.05, 0) is 42.0 Å². The van der Waals surface area contributed by atoms with Crippen molar-refractivity contribution < 1.29 is 13.2 Å². The van der Waals surface area contributed by atoms with Crippen molar-refractivity contribution in [2.45, 2.75) is 22.1 Å². The Bertz CT molecular complexity index is 1110. The van der Waals surface area contributed by atoms with Gasteiger partial charge in [0.2, 0.25) is 15.9 Å². The van der Waals surface area contributed by atoms with Gasteiger partial charge < -0.3 is 5.32 Å². The number of anilines is 1. The number of amides is 1. The highest BCUT2D eigenvalue weighted by atomic mass is 35.5. The predicted molar refractivity (Wildman–Crippen MR) is 120 cm³/mol. The van der Waals surface area contributed by atoms with E-state index < -0.39 is 10.0 Å². The molecule has 0 atom stereocenters. The van der Waals surface area contributed by atoms with Gasteiger partial charge in [0.25, 0.3) is 0 Å². The lowest BCUT2D eigenvalue weighted by molar-refractivity contribution is -0.116. The third-order valence-corrected chi connectivity index (χ3v) is 6.98. The zero-order valence-electron chi connectivity index (χ0n) is 15.9. The average molecular weight is 462 g/mol. The molecule has 156 valence electrons. The number of nitrogens with zero attached hydrogens (tertiary/aromatic N) is 1. The quantitative estimate of drug-likeness (QED) is 0.463. The molecular formula is C21H20ClN3O3S2. The maximum absolute atomic E-state index is 12.3. The maximum atomic E-state index is 12.3. The molecular weight excluding hydrogens is 442 g/mol. The third-order valence-electron chi connectivity index (χ3n) is 4.01.